The van der Waals surface area contributed by atoms with Crippen LogP contribution in [0.2, 0.25) is 0 Å². The summed E-state index contributed by atoms with van der Waals surface area (Å²) in [6, 6.07) is 8.23. The van der Waals surface area contributed by atoms with Crippen LogP contribution in [0.1, 0.15) is 16.8 Å². The fourth-order valence-electron chi connectivity index (χ4n) is 2.01. The molecule has 108 valence electrons. The van der Waals surface area contributed by atoms with Gasteiger partial charge in [0.15, 0.2) is 0 Å². The third kappa shape index (κ3) is 4.16. The van der Waals surface area contributed by atoms with Gasteiger partial charge >= 0.3 is 0 Å². The van der Waals surface area contributed by atoms with E-state index in [-0.39, 0.29) is 0 Å². The Morgan fingerprint density at radius 3 is 2.85 bits per heavy atom. The summed E-state index contributed by atoms with van der Waals surface area (Å²) >= 11 is 3.57. The topological polar surface area (TPSA) is 39.1 Å². The quantitative estimate of drug-likeness (QED) is 0.789. The van der Waals surface area contributed by atoms with Crippen molar-refractivity contribution in [3.05, 3.63) is 51.8 Å². The van der Waals surface area contributed by atoms with Crippen LogP contribution in [0.5, 0.6) is 0 Å². The molecule has 0 fully saturated rings. The SMILES string of the molecule is COCCNCc1cn(Cc2ccccc2Br)nc1C. The number of aromatic nitrogens is 2. The van der Waals surface area contributed by atoms with E-state index < -0.39 is 0 Å². The molecule has 0 radical (unpaired) electrons. The lowest BCUT2D eigenvalue weighted by Crippen LogP contribution is -2.18. The van der Waals surface area contributed by atoms with Crippen molar-refractivity contribution in [2.75, 3.05) is 20.3 Å². The van der Waals surface area contributed by atoms with Gasteiger partial charge in [-0.15, -0.1) is 0 Å². The maximum Gasteiger partial charge on any atom is 0.0670 e. The molecular weight excluding hydrogens is 318 g/mol. The summed E-state index contributed by atoms with van der Waals surface area (Å²) in [4.78, 5) is 0. The molecule has 5 heteroatoms. The maximum atomic E-state index is 5.02. The van der Waals surface area contributed by atoms with E-state index in [9.17, 15) is 0 Å². The van der Waals surface area contributed by atoms with Gasteiger partial charge in [-0.25, -0.2) is 0 Å². The van der Waals surface area contributed by atoms with Gasteiger partial charge in [-0.2, -0.15) is 5.10 Å². The van der Waals surface area contributed by atoms with Crippen LogP contribution < -0.4 is 5.32 Å². The molecule has 2 rings (SSSR count). The van der Waals surface area contributed by atoms with Crippen LogP contribution in [0.25, 0.3) is 0 Å². The predicted molar refractivity (Wildman–Crippen MR) is 83.8 cm³/mol. The number of benzene rings is 1. The Morgan fingerprint density at radius 2 is 2.10 bits per heavy atom. The van der Waals surface area contributed by atoms with E-state index in [1.54, 1.807) is 7.11 Å². The first kappa shape index (κ1) is 15.2. The number of ether oxygens (including phenoxy) is 1. The summed E-state index contributed by atoms with van der Waals surface area (Å²) in [6.45, 7) is 5.23. The largest absolute Gasteiger partial charge is 0.383 e. The first-order valence-electron chi connectivity index (χ1n) is 6.66. The van der Waals surface area contributed by atoms with Gasteiger partial charge in [0.1, 0.15) is 0 Å². The number of nitrogens with zero attached hydrogens (tertiary/aromatic N) is 2. The molecule has 0 saturated carbocycles. The number of hydrogen-bond donors (Lipinski definition) is 1. The van der Waals surface area contributed by atoms with Gasteiger partial charge in [-0.3, -0.25) is 4.68 Å². The lowest BCUT2D eigenvalue weighted by Gasteiger charge is -2.04. The molecule has 0 spiro atoms. The minimum absolute atomic E-state index is 0.726. The Balaban J connectivity index is 1.98. The highest BCUT2D eigenvalue weighted by molar-refractivity contribution is 9.10. The number of rotatable bonds is 7. The van der Waals surface area contributed by atoms with Gasteiger partial charge in [0.2, 0.25) is 0 Å². The van der Waals surface area contributed by atoms with Crippen molar-refractivity contribution in [2.45, 2.75) is 20.0 Å². The van der Waals surface area contributed by atoms with Gasteiger partial charge in [-0.05, 0) is 18.6 Å². The summed E-state index contributed by atoms with van der Waals surface area (Å²) in [5.41, 5.74) is 3.53. The van der Waals surface area contributed by atoms with E-state index >= 15 is 0 Å². The molecule has 1 heterocycles. The van der Waals surface area contributed by atoms with Gasteiger partial charge in [0.05, 0.1) is 18.8 Å². The normalized spacial score (nSPS) is 10.9. The summed E-state index contributed by atoms with van der Waals surface area (Å²) in [5, 5.41) is 7.91. The summed E-state index contributed by atoms with van der Waals surface area (Å²) in [7, 11) is 1.71. The monoisotopic (exact) mass is 337 g/mol. The fraction of sp³-hybridized carbons (Fsp3) is 0.400. The van der Waals surface area contributed by atoms with Crippen LogP contribution in [-0.2, 0) is 17.8 Å². The first-order chi connectivity index (χ1) is 9.70. The number of hydrogen-bond acceptors (Lipinski definition) is 3. The second-order valence-corrected chi connectivity index (χ2v) is 5.55. The van der Waals surface area contributed by atoms with Gasteiger partial charge in [0.25, 0.3) is 0 Å². The summed E-state index contributed by atoms with van der Waals surface area (Å²) in [5.74, 6) is 0. The smallest absolute Gasteiger partial charge is 0.0670 e. The van der Waals surface area contributed by atoms with Crippen molar-refractivity contribution < 1.29 is 4.74 Å². The molecule has 0 saturated heterocycles. The van der Waals surface area contributed by atoms with Crippen LogP contribution >= 0.6 is 15.9 Å². The molecule has 20 heavy (non-hydrogen) atoms. The molecule has 1 aromatic carbocycles. The fourth-order valence-corrected chi connectivity index (χ4v) is 2.42. The molecule has 1 aromatic heterocycles. The molecule has 0 aliphatic carbocycles. The summed E-state index contributed by atoms with van der Waals surface area (Å²) < 4.78 is 8.13. The van der Waals surface area contributed by atoms with Gasteiger partial charge in [0, 0.05) is 36.4 Å². The van der Waals surface area contributed by atoms with E-state index in [4.69, 9.17) is 4.74 Å². The standard InChI is InChI=1S/C15H20BrN3O/c1-12-14(9-17-7-8-20-2)11-19(18-12)10-13-5-3-4-6-15(13)16/h3-6,11,17H,7-10H2,1-2H3. The van der Waals surface area contributed by atoms with Gasteiger partial charge < -0.3 is 10.1 Å². The molecule has 0 amide bonds. The van der Waals surface area contributed by atoms with Crippen molar-refractivity contribution >= 4 is 15.9 Å². The highest BCUT2D eigenvalue weighted by atomic mass is 79.9. The third-order valence-electron chi connectivity index (χ3n) is 3.14. The molecule has 1 N–H and O–H groups in total. The second-order valence-electron chi connectivity index (χ2n) is 4.70. The number of methoxy groups -OCH3 is 1. The second kappa shape index (κ2) is 7.57. The minimum Gasteiger partial charge on any atom is -0.383 e. The summed E-state index contributed by atoms with van der Waals surface area (Å²) in [6.07, 6.45) is 2.11. The molecule has 2 aromatic rings. The van der Waals surface area contributed by atoms with Crippen LogP contribution in [0.3, 0.4) is 0 Å². The number of halogens is 1. The highest BCUT2D eigenvalue weighted by Crippen LogP contribution is 2.17. The molecule has 0 atom stereocenters. The molecule has 0 aliphatic heterocycles. The molecular formula is C15H20BrN3O. The van der Waals surface area contributed by atoms with Crippen molar-refractivity contribution in [3.63, 3.8) is 0 Å². The molecule has 0 aliphatic rings. The average molecular weight is 338 g/mol. The van der Waals surface area contributed by atoms with Crippen LogP contribution in [-0.4, -0.2) is 30.0 Å². The molecule has 0 bridgehead atoms. The Morgan fingerprint density at radius 1 is 1.30 bits per heavy atom. The Bertz CT molecular complexity index is 554. The van der Waals surface area contributed by atoms with Crippen LogP contribution in [0, 0.1) is 6.92 Å². The van der Waals surface area contributed by atoms with Crippen molar-refractivity contribution in [3.8, 4) is 0 Å². The van der Waals surface area contributed by atoms with Crippen LogP contribution in [0.15, 0.2) is 34.9 Å². The Hall–Kier alpha value is -1.17. The van der Waals surface area contributed by atoms with Crippen molar-refractivity contribution in [1.29, 1.82) is 0 Å². The first-order valence-corrected chi connectivity index (χ1v) is 7.46. The van der Waals surface area contributed by atoms with Gasteiger partial charge in [-0.1, -0.05) is 34.1 Å². The predicted octanol–water partition coefficient (Wildman–Crippen LogP) is 2.74. The lowest BCUT2D eigenvalue weighted by molar-refractivity contribution is 0.199. The van der Waals surface area contributed by atoms with E-state index in [1.807, 2.05) is 23.7 Å². The van der Waals surface area contributed by atoms with E-state index in [2.05, 4.69) is 44.7 Å². The zero-order valence-corrected chi connectivity index (χ0v) is 13.5. The van der Waals surface area contributed by atoms with Crippen molar-refractivity contribution in [1.82, 2.24) is 15.1 Å². The Labute approximate surface area is 128 Å². The zero-order chi connectivity index (χ0) is 14.4. The Kier molecular flexibility index (Phi) is 5.76. The molecule has 4 nitrogen and oxygen atoms in total. The average Bonchev–Trinajstić information content (AvgIpc) is 2.78. The van der Waals surface area contributed by atoms with E-state index in [0.717, 1.165) is 36.4 Å². The maximum absolute atomic E-state index is 5.02. The molecule has 0 unspecified atom stereocenters. The lowest BCUT2D eigenvalue weighted by atomic mass is 10.2. The van der Waals surface area contributed by atoms with E-state index in [0.29, 0.717) is 0 Å². The third-order valence-corrected chi connectivity index (χ3v) is 3.91. The van der Waals surface area contributed by atoms with E-state index in [1.165, 1.54) is 11.1 Å². The number of nitrogens with one attached hydrogen (secondary N) is 1. The zero-order valence-electron chi connectivity index (χ0n) is 11.9. The van der Waals surface area contributed by atoms with Crippen molar-refractivity contribution in [2.24, 2.45) is 0 Å². The van der Waals surface area contributed by atoms with Crippen LogP contribution in [0.4, 0.5) is 0 Å². The highest BCUT2D eigenvalue weighted by Gasteiger charge is 2.06. The number of aryl methyl sites for hydroxylation is 1. The minimum atomic E-state index is 0.726.